The Morgan fingerprint density at radius 2 is 2.13 bits per heavy atom. The summed E-state index contributed by atoms with van der Waals surface area (Å²) in [5.74, 6) is 2.37. The number of rotatable bonds is 7. The Balaban J connectivity index is 1.46. The first-order chi connectivity index (χ1) is 11.3. The molecule has 3 N–H and O–H groups in total. The zero-order valence-corrected chi connectivity index (χ0v) is 13.5. The highest BCUT2D eigenvalue weighted by molar-refractivity contribution is 5.77. The number of hydrogen-bond acceptors (Lipinski definition) is 2. The molecule has 3 rings (SSSR count). The van der Waals surface area contributed by atoms with Gasteiger partial charge in [-0.1, -0.05) is 36.8 Å². The fraction of sp³-hybridized carbons (Fsp3) is 0.444. The smallest absolute Gasteiger partial charge is 0.188 e. The van der Waals surface area contributed by atoms with Crippen molar-refractivity contribution in [3.63, 3.8) is 0 Å². The molecule has 0 atom stereocenters. The van der Waals surface area contributed by atoms with E-state index in [0.717, 1.165) is 37.8 Å². The first-order valence-electron chi connectivity index (χ1n) is 8.39. The Hall–Kier alpha value is -2.30. The Morgan fingerprint density at radius 1 is 1.30 bits per heavy atom. The molecule has 1 aliphatic carbocycles. The van der Waals surface area contributed by atoms with Crippen LogP contribution >= 0.6 is 0 Å². The third kappa shape index (κ3) is 4.58. The topological polar surface area (TPSA) is 68.2 Å². The molecule has 1 aromatic carbocycles. The zero-order chi connectivity index (χ0) is 15.9. The minimum absolute atomic E-state index is 0.554. The van der Waals surface area contributed by atoms with Crippen LogP contribution in [0.15, 0.2) is 47.7 Å². The molecule has 1 saturated carbocycles. The van der Waals surface area contributed by atoms with Gasteiger partial charge in [0.05, 0.1) is 0 Å². The van der Waals surface area contributed by atoms with Gasteiger partial charge in [0.1, 0.15) is 5.82 Å². The van der Waals surface area contributed by atoms with Gasteiger partial charge in [-0.25, -0.2) is 4.98 Å². The lowest BCUT2D eigenvalue weighted by Gasteiger charge is -2.23. The van der Waals surface area contributed by atoms with Gasteiger partial charge in [-0.2, -0.15) is 0 Å². The van der Waals surface area contributed by atoms with Crippen LogP contribution < -0.4 is 11.1 Å². The maximum atomic E-state index is 5.91. The molecule has 2 aromatic rings. The normalized spacial score (nSPS) is 15.4. The van der Waals surface area contributed by atoms with Crippen LogP contribution in [0.1, 0.15) is 30.7 Å². The number of aromatic nitrogens is 2. The lowest BCUT2D eigenvalue weighted by atomic mass is 9.86. The molecule has 122 valence electrons. The van der Waals surface area contributed by atoms with Gasteiger partial charge in [0.15, 0.2) is 5.96 Å². The zero-order valence-electron chi connectivity index (χ0n) is 13.5. The molecule has 1 fully saturated rings. The molecule has 0 spiro atoms. The first-order valence-corrected chi connectivity index (χ1v) is 8.39. The SMILES string of the molecule is NC(=NCC1CCC1)NCCc1nccn1Cc1ccccc1. The van der Waals surface area contributed by atoms with Crippen molar-refractivity contribution < 1.29 is 0 Å². The number of nitrogens with zero attached hydrogens (tertiary/aromatic N) is 3. The van der Waals surface area contributed by atoms with Crippen LogP contribution in [0.2, 0.25) is 0 Å². The predicted octanol–water partition coefficient (Wildman–Crippen LogP) is 2.18. The fourth-order valence-corrected chi connectivity index (χ4v) is 2.75. The molecule has 0 saturated heterocycles. The molecular formula is C18H25N5. The summed E-state index contributed by atoms with van der Waals surface area (Å²) in [6.45, 7) is 2.47. The van der Waals surface area contributed by atoms with E-state index in [2.05, 4.69) is 44.1 Å². The van der Waals surface area contributed by atoms with Gasteiger partial charge in [-0.3, -0.25) is 4.99 Å². The summed E-state index contributed by atoms with van der Waals surface area (Å²) >= 11 is 0. The van der Waals surface area contributed by atoms with Gasteiger partial charge < -0.3 is 15.6 Å². The van der Waals surface area contributed by atoms with Gasteiger partial charge in [0.2, 0.25) is 0 Å². The predicted molar refractivity (Wildman–Crippen MR) is 93.3 cm³/mol. The number of imidazole rings is 1. The standard InChI is InChI=1S/C18H25N5/c19-18(22-13-15-7-4-8-15)21-10-9-17-20-11-12-23(17)14-16-5-2-1-3-6-16/h1-3,5-6,11-12,15H,4,7-10,13-14H2,(H3,19,21,22). The van der Waals surface area contributed by atoms with Crippen molar-refractivity contribution in [2.24, 2.45) is 16.6 Å². The van der Waals surface area contributed by atoms with Gasteiger partial charge in [-0.15, -0.1) is 0 Å². The lowest BCUT2D eigenvalue weighted by molar-refractivity contribution is 0.326. The maximum Gasteiger partial charge on any atom is 0.188 e. The number of benzene rings is 1. The van der Waals surface area contributed by atoms with E-state index in [1.165, 1.54) is 24.8 Å². The highest BCUT2D eigenvalue weighted by atomic mass is 15.1. The Labute approximate surface area is 137 Å². The minimum atomic E-state index is 0.554. The molecule has 0 radical (unpaired) electrons. The van der Waals surface area contributed by atoms with Gasteiger partial charge in [-0.05, 0) is 24.3 Å². The van der Waals surface area contributed by atoms with E-state index in [-0.39, 0.29) is 0 Å². The van der Waals surface area contributed by atoms with E-state index >= 15 is 0 Å². The third-order valence-corrected chi connectivity index (χ3v) is 4.40. The largest absolute Gasteiger partial charge is 0.370 e. The summed E-state index contributed by atoms with van der Waals surface area (Å²) in [7, 11) is 0. The van der Waals surface area contributed by atoms with Crippen LogP contribution in [0.25, 0.3) is 0 Å². The molecule has 5 nitrogen and oxygen atoms in total. The summed E-state index contributed by atoms with van der Waals surface area (Å²) in [4.78, 5) is 8.86. The van der Waals surface area contributed by atoms with Crippen molar-refractivity contribution in [1.29, 1.82) is 0 Å². The molecule has 1 heterocycles. The first kappa shape index (κ1) is 15.6. The maximum absolute atomic E-state index is 5.91. The molecule has 5 heteroatoms. The fourth-order valence-electron chi connectivity index (χ4n) is 2.75. The van der Waals surface area contributed by atoms with Gasteiger partial charge >= 0.3 is 0 Å². The summed E-state index contributed by atoms with van der Waals surface area (Å²) < 4.78 is 2.18. The monoisotopic (exact) mass is 311 g/mol. The quantitative estimate of drug-likeness (QED) is 0.608. The van der Waals surface area contributed by atoms with Crippen molar-refractivity contribution in [3.05, 3.63) is 54.1 Å². The minimum Gasteiger partial charge on any atom is -0.370 e. The highest BCUT2D eigenvalue weighted by Crippen LogP contribution is 2.26. The van der Waals surface area contributed by atoms with E-state index < -0.39 is 0 Å². The van der Waals surface area contributed by atoms with Crippen LogP contribution in [0.3, 0.4) is 0 Å². The second-order valence-electron chi connectivity index (χ2n) is 6.16. The van der Waals surface area contributed by atoms with E-state index in [1.54, 1.807) is 0 Å². The molecule has 0 bridgehead atoms. The van der Waals surface area contributed by atoms with E-state index in [4.69, 9.17) is 5.73 Å². The Kier molecular flexibility index (Phi) is 5.29. The summed E-state index contributed by atoms with van der Waals surface area (Å²) in [5, 5.41) is 3.19. The van der Waals surface area contributed by atoms with E-state index in [9.17, 15) is 0 Å². The van der Waals surface area contributed by atoms with Crippen molar-refractivity contribution in [2.45, 2.75) is 32.2 Å². The molecule has 0 unspecified atom stereocenters. The van der Waals surface area contributed by atoms with Crippen molar-refractivity contribution in [1.82, 2.24) is 14.9 Å². The second-order valence-corrected chi connectivity index (χ2v) is 6.16. The number of nitrogens with one attached hydrogen (secondary N) is 1. The van der Waals surface area contributed by atoms with Crippen molar-refractivity contribution in [2.75, 3.05) is 13.1 Å². The van der Waals surface area contributed by atoms with E-state index in [1.807, 2.05) is 18.5 Å². The average Bonchev–Trinajstić information content (AvgIpc) is 2.94. The Morgan fingerprint density at radius 3 is 2.87 bits per heavy atom. The summed E-state index contributed by atoms with van der Waals surface area (Å²) in [6, 6.07) is 10.4. The van der Waals surface area contributed by atoms with Crippen LogP contribution in [0, 0.1) is 5.92 Å². The number of nitrogens with two attached hydrogens (primary N) is 1. The van der Waals surface area contributed by atoms with Gasteiger partial charge in [0.25, 0.3) is 0 Å². The number of guanidine groups is 1. The van der Waals surface area contributed by atoms with Crippen molar-refractivity contribution >= 4 is 5.96 Å². The summed E-state index contributed by atoms with van der Waals surface area (Å²) in [6.07, 6.45) is 8.65. The highest BCUT2D eigenvalue weighted by Gasteiger charge is 2.16. The van der Waals surface area contributed by atoms with E-state index in [0.29, 0.717) is 5.96 Å². The Bertz CT molecular complexity index is 628. The van der Waals surface area contributed by atoms with Crippen LogP contribution in [-0.2, 0) is 13.0 Å². The molecular weight excluding hydrogens is 286 g/mol. The van der Waals surface area contributed by atoms with Crippen molar-refractivity contribution in [3.8, 4) is 0 Å². The molecule has 23 heavy (non-hydrogen) atoms. The van der Waals surface area contributed by atoms with Crippen LogP contribution in [-0.4, -0.2) is 28.6 Å². The molecule has 1 aromatic heterocycles. The molecule has 0 aliphatic heterocycles. The molecule has 0 amide bonds. The summed E-state index contributed by atoms with van der Waals surface area (Å²) in [5.41, 5.74) is 7.19. The lowest BCUT2D eigenvalue weighted by Crippen LogP contribution is -2.34. The average molecular weight is 311 g/mol. The second kappa shape index (κ2) is 7.81. The van der Waals surface area contributed by atoms with Crippen LogP contribution in [0.4, 0.5) is 0 Å². The number of hydrogen-bond donors (Lipinski definition) is 2. The van der Waals surface area contributed by atoms with Gasteiger partial charge in [0, 0.05) is 38.4 Å². The molecule has 1 aliphatic rings. The number of aliphatic imine (C=N–C) groups is 1. The third-order valence-electron chi connectivity index (χ3n) is 4.40. The van der Waals surface area contributed by atoms with Crippen LogP contribution in [0.5, 0.6) is 0 Å².